The van der Waals surface area contributed by atoms with E-state index in [9.17, 15) is 13.2 Å². The summed E-state index contributed by atoms with van der Waals surface area (Å²) in [6.45, 7) is 9.71. The van der Waals surface area contributed by atoms with Crippen LogP contribution in [-0.4, -0.2) is 88.1 Å². The first-order valence-corrected chi connectivity index (χ1v) is 17.9. The number of rotatable bonds is 8. The van der Waals surface area contributed by atoms with E-state index >= 15 is 4.39 Å². The van der Waals surface area contributed by atoms with Gasteiger partial charge in [-0.05, 0) is 96.8 Å². The van der Waals surface area contributed by atoms with Gasteiger partial charge in [-0.1, -0.05) is 0 Å². The number of fused-ring (bicyclic) bond motifs is 1. The van der Waals surface area contributed by atoms with Gasteiger partial charge in [-0.15, -0.1) is 0 Å². The molecular formula is C33H42FN9O3S. The lowest BCUT2D eigenvalue weighted by molar-refractivity contribution is 0.277. The molecule has 4 aromatic rings. The Labute approximate surface area is 274 Å². The Morgan fingerprint density at radius 1 is 1.09 bits per heavy atom. The second kappa shape index (κ2) is 12.3. The molecule has 250 valence electrons. The standard InChI is InChI=1S/C33H42FN9O3S/c1-20-18-41(14-11-35-20)29-8-7-25(16-28(29)34)37-33-36-17-24-15-27(32(44)42(31(24)38-33)19-23-5-6-23)30-21(2)39-43(22(30)3)47(45,46)26-9-12-40(4)13-10-26/h7-8,15-17,20,23,26,35H,5-6,9-14,18-19H2,1-4H3,(H,36,37,38). The van der Waals surface area contributed by atoms with Crippen LogP contribution in [0.25, 0.3) is 22.2 Å². The third kappa shape index (κ3) is 6.14. The number of nitrogens with zero attached hydrogens (tertiary/aromatic N) is 7. The summed E-state index contributed by atoms with van der Waals surface area (Å²) in [6.07, 6.45) is 4.77. The molecule has 47 heavy (non-hydrogen) atoms. The highest BCUT2D eigenvalue weighted by molar-refractivity contribution is 7.90. The average Bonchev–Trinajstić information content (AvgIpc) is 3.81. The second-order valence-corrected chi connectivity index (χ2v) is 15.5. The van der Waals surface area contributed by atoms with E-state index in [1.54, 1.807) is 36.7 Å². The van der Waals surface area contributed by atoms with Gasteiger partial charge in [0.2, 0.25) is 5.95 Å². The lowest BCUT2D eigenvalue weighted by Crippen LogP contribution is -2.49. The Morgan fingerprint density at radius 3 is 2.55 bits per heavy atom. The van der Waals surface area contributed by atoms with Gasteiger partial charge in [-0.25, -0.2) is 17.8 Å². The van der Waals surface area contributed by atoms with Crippen molar-refractivity contribution in [2.24, 2.45) is 5.92 Å². The largest absolute Gasteiger partial charge is 0.366 e. The van der Waals surface area contributed by atoms with Crippen molar-refractivity contribution in [3.8, 4) is 11.1 Å². The molecule has 5 heterocycles. The van der Waals surface area contributed by atoms with Crippen molar-refractivity contribution in [1.29, 1.82) is 0 Å². The number of nitrogens with one attached hydrogen (secondary N) is 2. The summed E-state index contributed by atoms with van der Waals surface area (Å²) in [4.78, 5) is 27.6. The highest BCUT2D eigenvalue weighted by Gasteiger charge is 2.34. The number of likely N-dealkylation sites (tertiary alicyclic amines) is 1. The third-order valence-electron chi connectivity index (χ3n) is 9.73. The number of aryl methyl sites for hydroxylation is 1. The number of benzene rings is 1. The van der Waals surface area contributed by atoms with E-state index in [1.165, 1.54) is 6.07 Å². The molecule has 1 unspecified atom stereocenters. The molecule has 0 amide bonds. The molecule has 1 aromatic carbocycles. The molecule has 3 fully saturated rings. The zero-order chi connectivity index (χ0) is 33.0. The summed E-state index contributed by atoms with van der Waals surface area (Å²) in [5.41, 5.74) is 3.09. The monoisotopic (exact) mass is 663 g/mol. The van der Waals surface area contributed by atoms with Crippen LogP contribution >= 0.6 is 0 Å². The Morgan fingerprint density at radius 2 is 1.85 bits per heavy atom. The van der Waals surface area contributed by atoms with Crippen molar-refractivity contribution in [2.75, 3.05) is 50.0 Å². The first-order valence-electron chi connectivity index (χ1n) is 16.4. The molecule has 1 saturated carbocycles. The topological polar surface area (TPSA) is 130 Å². The maximum Gasteiger partial charge on any atom is 0.260 e. The van der Waals surface area contributed by atoms with Gasteiger partial charge in [0.25, 0.3) is 15.6 Å². The minimum Gasteiger partial charge on any atom is -0.366 e. The molecule has 2 saturated heterocycles. The molecule has 2 aliphatic heterocycles. The van der Waals surface area contributed by atoms with Crippen molar-refractivity contribution in [2.45, 2.75) is 64.3 Å². The minimum atomic E-state index is -3.75. The number of anilines is 3. The fourth-order valence-corrected chi connectivity index (χ4v) is 8.73. The summed E-state index contributed by atoms with van der Waals surface area (Å²) >= 11 is 0. The van der Waals surface area contributed by atoms with E-state index in [2.05, 4.69) is 32.5 Å². The smallest absolute Gasteiger partial charge is 0.260 e. The number of hydrogen-bond donors (Lipinski definition) is 2. The van der Waals surface area contributed by atoms with Crippen LogP contribution in [0.4, 0.5) is 21.7 Å². The third-order valence-corrected chi connectivity index (χ3v) is 11.9. The van der Waals surface area contributed by atoms with E-state index in [4.69, 9.17) is 4.98 Å². The first kappa shape index (κ1) is 31.7. The van der Waals surface area contributed by atoms with Crippen molar-refractivity contribution >= 4 is 38.4 Å². The zero-order valence-corrected chi connectivity index (χ0v) is 28.1. The summed E-state index contributed by atoms with van der Waals surface area (Å²) in [6, 6.07) is 7.03. The molecule has 3 aromatic heterocycles. The summed E-state index contributed by atoms with van der Waals surface area (Å²) in [7, 11) is -1.75. The molecule has 0 spiro atoms. The van der Waals surface area contributed by atoms with Crippen LogP contribution in [0, 0.1) is 25.6 Å². The van der Waals surface area contributed by atoms with Gasteiger partial charge >= 0.3 is 0 Å². The van der Waals surface area contributed by atoms with Gasteiger partial charge in [-0.2, -0.15) is 14.2 Å². The van der Waals surface area contributed by atoms with Crippen LogP contribution in [-0.2, 0) is 16.6 Å². The number of pyridine rings is 1. The van der Waals surface area contributed by atoms with Crippen LogP contribution in [0.3, 0.4) is 0 Å². The first-order chi connectivity index (χ1) is 22.5. The summed E-state index contributed by atoms with van der Waals surface area (Å²) in [5, 5.41) is 11.1. The fraction of sp³-hybridized carbons (Fsp3) is 0.515. The maximum absolute atomic E-state index is 15.2. The molecule has 2 N–H and O–H groups in total. The van der Waals surface area contributed by atoms with Gasteiger partial charge in [0.1, 0.15) is 11.5 Å². The number of aromatic nitrogens is 5. The van der Waals surface area contributed by atoms with Gasteiger partial charge < -0.3 is 20.4 Å². The molecule has 12 nitrogen and oxygen atoms in total. The van der Waals surface area contributed by atoms with Crippen LogP contribution < -0.4 is 21.1 Å². The van der Waals surface area contributed by atoms with Crippen molar-refractivity contribution in [1.82, 2.24) is 33.9 Å². The van der Waals surface area contributed by atoms with Gasteiger partial charge in [0.15, 0.2) is 0 Å². The van der Waals surface area contributed by atoms with Crippen LogP contribution in [0.2, 0.25) is 0 Å². The molecule has 0 bridgehead atoms. The normalized spacial score (nSPS) is 19.9. The quantitative estimate of drug-likeness (QED) is 0.288. The number of piperidine rings is 1. The Hall–Kier alpha value is -3.88. The molecule has 14 heteroatoms. The average molecular weight is 664 g/mol. The minimum absolute atomic E-state index is 0.251. The van der Waals surface area contributed by atoms with E-state index in [-0.39, 0.29) is 23.4 Å². The summed E-state index contributed by atoms with van der Waals surface area (Å²) < 4.78 is 45.4. The zero-order valence-electron chi connectivity index (χ0n) is 27.3. The SMILES string of the molecule is Cc1nn(S(=O)(=O)C2CCN(C)CC2)c(C)c1-c1cc2cnc(Nc3ccc(N4CCNC(C)C4)c(F)c3)nc2n(CC2CC2)c1=O. The highest BCUT2D eigenvalue weighted by Crippen LogP contribution is 2.34. The fourth-order valence-electron chi connectivity index (χ4n) is 6.93. The van der Waals surface area contributed by atoms with E-state index in [0.29, 0.717) is 83.3 Å². The Kier molecular flexibility index (Phi) is 8.29. The van der Waals surface area contributed by atoms with E-state index < -0.39 is 15.3 Å². The summed E-state index contributed by atoms with van der Waals surface area (Å²) in [5.74, 6) is 0.285. The predicted molar refractivity (Wildman–Crippen MR) is 181 cm³/mol. The Balaban J connectivity index is 1.23. The second-order valence-electron chi connectivity index (χ2n) is 13.4. The predicted octanol–water partition coefficient (Wildman–Crippen LogP) is 3.63. The number of hydrogen-bond acceptors (Lipinski definition) is 10. The van der Waals surface area contributed by atoms with E-state index in [0.717, 1.165) is 36.6 Å². The molecular weight excluding hydrogens is 621 g/mol. The highest BCUT2D eigenvalue weighted by atomic mass is 32.2. The lowest BCUT2D eigenvalue weighted by atomic mass is 10.0. The van der Waals surface area contributed by atoms with Crippen LogP contribution in [0.5, 0.6) is 0 Å². The van der Waals surface area contributed by atoms with Gasteiger partial charge in [0.05, 0.1) is 27.9 Å². The lowest BCUT2D eigenvalue weighted by Gasteiger charge is -2.33. The van der Waals surface area contributed by atoms with Crippen molar-refractivity contribution in [3.05, 3.63) is 58.0 Å². The van der Waals surface area contributed by atoms with Crippen molar-refractivity contribution < 1.29 is 12.8 Å². The number of piperazine rings is 1. The molecule has 3 aliphatic rings. The number of halogens is 1. The van der Waals surface area contributed by atoms with Crippen molar-refractivity contribution in [3.63, 3.8) is 0 Å². The van der Waals surface area contributed by atoms with Gasteiger partial charge in [0, 0.05) is 55.1 Å². The maximum atomic E-state index is 15.2. The Bertz CT molecular complexity index is 2000. The molecule has 1 aliphatic carbocycles. The molecule has 7 rings (SSSR count). The molecule has 0 radical (unpaired) electrons. The van der Waals surface area contributed by atoms with Gasteiger partial charge in [-0.3, -0.25) is 9.36 Å². The van der Waals surface area contributed by atoms with Crippen LogP contribution in [0.1, 0.15) is 44.0 Å². The van der Waals surface area contributed by atoms with Crippen LogP contribution in [0.15, 0.2) is 35.3 Å². The molecule has 1 atom stereocenters. The van der Waals surface area contributed by atoms with E-state index in [1.807, 2.05) is 18.0 Å².